The summed E-state index contributed by atoms with van der Waals surface area (Å²) < 4.78 is 13.9. The highest BCUT2D eigenvalue weighted by Gasteiger charge is 2.19. The Morgan fingerprint density at radius 1 is 1.26 bits per heavy atom. The van der Waals surface area contributed by atoms with E-state index in [9.17, 15) is 4.39 Å². The summed E-state index contributed by atoms with van der Waals surface area (Å²) in [6.07, 6.45) is 0.715. The van der Waals surface area contributed by atoms with Gasteiger partial charge in [-0.15, -0.1) is 0 Å². The Bertz CT molecular complexity index is 410. The summed E-state index contributed by atoms with van der Waals surface area (Å²) in [4.78, 5) is 0. The number of halogens is 2. The molecule has 0 bridgehead atoms. The van der Waals surface area contributed by atoms with Crippen molar-refractivity contribution in [2.75, 3.05) is 6.54 Å². The zero-order valence-corrected chi connectivity index (χ0v) is 13.3. The second kappa shape index (κ2) is 6.71. The van der Waals surface area contributed by atoms with Crippen LogP contribution in [0.2, 0.25) is 5.02 Å². The first-order chi connectivity index (χ1) is 8.70. The molecule has 1 aromatic carbocycles. The largest absolute Gasteiger partial charge is 0.312 e. The molecule has 1 unspecified atom stereocenters. The van der Waals surface area contributed by atoms with Gasteiger partial charge in [0.1, 0.15) is 5.82 Å². The first kappa shape index (κ1) is 16.5. The molecule has 0 heterocycles. The molecule has 19 heavy (non-hydrogen) atoms. The summed E-state index contributed by atoms with van der Waals surface area (Å²) in [5, 5.41) is 3.71. The Balaban J connectivity index is 2.76. The van der Waals surface area contributed by atoms with Gasteiger partial charge in [0.05, 0.1) is 5.02 Å². The maximum Gasteiger partial charge on any atom is 0.144 e. The van der Waals surface area contributed by atoms with Gasteiger partial charge in [-0.05, 0) is 57.2 Å². The molecule has 1 N–H and O–H groups in total. The lowest BCUT2D eigenvalue weighted by Crippen LogP contribution is -2.40. The van der Waals surface area contributed by atoms with E-state index in [0.717, 1.165) is 6.54 Å². The minimum Gasteiger partial charge on any atom is -0.312 e. The van der Waals surface area contributed by atoms with Gasteiger partial charge >= 0.3 is 0 Å². The fraction of sp³-hybridized carbons (Fsp3) is 0.625. The van der Waals surface area contributed by atoms with E-state index in [4.69, 9.17) is 11.6 Å². The van der Waals surface area contributed by atoms with Crippen LogP contribution in [-0.2, 0) is 6.42 Å². The van der Waals surface area contributed by atoms with Gasteiger partial charge < -0.3 is 5.32 Å². The van der Waals surface area contributed by atoms with Crippen molar-refractivity contribution < 1.29 is 4.39 Å². The summed E-state index contributed by atoms with van der Waals surface area (Å²) >= 11 is 5.84. The molecule has 0 fully saturated rings. The molecule has 0 aliphatic heterocycles. The smallest absolute Gasteiger partial charge is 0.144 e. The van der Waals surface area contributed by atoms with Crippen molar-refractivity contribution in [3.63, 3.8) is 0 Å². The molecule has 3 heteroatoms. The van der Waals surface area contributed by atoms with Gasteiger partial charge in [-0.2, -0.15) is 0 Å². The van der Waals surface area contributed by atoms with Crippen molar-refractivity contribution in [2.24, 2.45) is 11.8 Å². The summed E-state index contributed by atoms with van der Waals surface area (Å²) in [6, 6.07) is 5.24. The molecule has 0 saturated carbocycles. The molecule has 0 amide bonds. The molecule has 0 spiro atoms. The molecule has 0 saturated heterocycles. The number of hydrogen-bond donors (Lipinski definition) is 1. The molecule has 1 nitrogen and oxygen atoms in total. The lowest BCUT2D eigenvalue weighted by molar-refractivity contribution is 0.310. The van der Waals surface area contributed by atoms with Crippen LogP contribution in [0.4, 0.5) is 4.39 Å². The van der Waals surface area contributed by atoms with Crippen LogP contribution in [0.1, 0.15) is 40.2 Å². The summed E-state index contributed by atoms with van der Waals surface area (Å²) in [5.41, 5.74) is 0.793. The lowest BCUT2D eigenvalue weighted by atomic mass is 9.88. The van der Waals surface area contributed by atoms with Crippen LogP contribution >= 0.6 is 11.6 Å². The molecule has 0 radical (unpaired) electrons. The number of nitrogens with one attached hydrogen (secondary N) is 1. The first-order valence-corrected chi connectivity index (χ1v) is 7.26. The standard InChI is InChI=1S/C16H25ClFN/c1-11(2)13(10-19-16(3,4)5)9-12-7-6-8-14(17)15(12)18/h6-8,11,13,19H,9-10H2,1-5H3. The van der Waals surface area contributed by atoms with Gasteiger partial charge in [-0.25, -0.2) is 4.39 Å². The Morgan fingerprint density at radius 3 is 2.42 bits per heavy atom. The van der Waals surface area contributed by atoms with Crippen molar-refractivity contribution in [3.8, 4) is 0 Å². The molecule has 1 rings (SSSR count). The number of benzene rings is 1. The van der Waals surface area contributed by atoms with Crippen LogP contribution < -0.4 is 5.32 Å². The van der Waals surface area contributed by atoms with E-state index in [1.165, 1.54) is 0 Å². The highest BCUT2D eigenvalue weighted by atomic mass is 35.5. The molecular formula is C16H25ClFN. The molecule has 0 aliphatic carbocycles. The van der Waals surface area contributed by atoms with E-state index >= 15 is 0 Å². The van der Waals surface area contributed by atoms with Crippen LogP contribution in [0.25, 0.3) is 0 Å². The topological polar surface area (TPSA) is 12.0 Å². The normalized spacial score (nSPS) is 13.9. The molecular weight excluding hydrogens is 261 g/mol. The lowest BCUT2D eigenvalue weighted by Gasteiger charge is -2.27. The van der Waals surface area contributed by atoms with Crippen molar-refractivity contribution >= 4 is 11.6 Å². The van der Waals surface area contributed by atoms with Crippen LogP contribution in [0.5, 0.6) is 0 Å². The number of hydrogen-bond acceptors (Lipinski definition) is 1. The molecule has 1 aromatic rings. The second-order valence-corrected chi connectivity index (χ2v) is 6.96. The Hall–Kier alpha value is -0.600. The SMILES string of the molecule is CC(C)C(CNC(C)(C)C)Cc1cccc(Cl)c1F. The van der Waals surface area contributed by atoms with Crippen LogP contribution in [-0.4, -0.2) is 12.1 Å². The van der Waals surface area contributed by atoms with Crippen molar-refractivity contribution in [1.82, 2.24) is 5.32 Å². The van der Waals surface area contributed by atoms with Crippen LogP contribution in [0, 0.1) is 17.7 Å². The Labute approximate surface area is 121 Å². The number of rotatable bonds is 5. The van der Waals surface area contributed by atoms with E-state index in [2.05, 4.69) is 39.9 Å². The highest BCUT2D eigenvalue weighted by Crippen LogP contribution is 2.23. The quantitative estimate of drug-likeness (QED) is 0.828. The van der Waals surface area contributed by atoms with E-state index in [0.29, 0.717) is 23.8 Å². The fourth-order valence-electron chi connectivity index (χ4n) is 1.97. The average molecular weight is 286 g/mol. The fourth-order valence-corrected chi connectivity index (χ4v) is 2.16. The van der Waals surface area contributed by atoms with Gasteiger partial charge in [0.25, 0.3) is 0 Å². The predicted molar refractivity (Wildman–Crippen MR) is 81.2 cm³/mol. The van der Waals surface area contributed by atoms with Gasteiger partial charge in [0.15, 0.2) is 0 Å². The van der Waals surface area contributed by atoms with Gasteiger partial charge in [-0.3, -0.25) is 0 Å². The molecule has 0 aromatic heterocycles. The predicted octanol–water partition coefficient (Wildman–Crippen LogP) is 4.68. The maximum atomic E-state index is 13.9. The molecule has 1 atom stereocenters. The van der Waals surface area contributed by atoms with Crippen LogP contribution in [0.3, 0.4) is 0 Å². The Morgan fingerprint density at radius 2 is 1.89 bits per heavy atom. The van der Waals surface area contributed by atoms with Gasteiger partial charge in [0, 0.05) is 5.54 Å². The van der Waals surface area contributed by atoms with Gasteiger partial charge in [-0.1, -0.05) is 37.6 Å². The highest BCUT2D eigenvalue weighted by molar-refractivity contribution is 6.30. The van der Waals surface area contributed by atoms with E-state index in [1.807, 2.05) is 12.1 Å². The zero-order valence-electron chi connectivity index (χ0n) is 12.6. The van der Waals surface area contributed by atoms with E-state index < -0.39 is 0 Å². The van der Waals surface area contributed by atoms with Crippen LogP contribution in [0.15, 0.2) is 18.2 Å². The third kappa shape index (κ3) is 5.50. The third-order valence-corrected chi connectivity index (χ3v) is 3.64. The minimum absolute atomic E-state index is 0.0834. The summed E-state index contributed by atoms with van der Waals surface area (Å²) in [7, 11) is 0. The van der Waals surface area contributed by atoms with Crippen molar-refractivity contribution in [2.45, 2.75) is 46.6 Å². The van der Waals surface area contributed by atoms with Crippen molar-refractivity contribution in [1.29, 1.82) is 0 Å². The summed E-state index contributed by atoms with van der Waals surface area (Å²) in [5.74, 6) is 0.617. The first-order valence-electron chi connectivity index (χ1n) is 6.88. The zero-order chi connectivity index (χ0) is 14.6. The third-order valence-electron chi connectivity index (χ3n) is 3.35. The van der Waals surface area contributed by atoms with E-state index in [1.54, 1.807) is 6.07 Å². The Kier molecular flexibility index (Phi) is 5.82. The summed E-state index contributed by atoms with van der Waals surface area (Å²) in [6.45, 7) is 11.7. The maximum absolute atomic E-state index is 13.9. The minimum atomic E-state index is -0.273. The van der Waals surface area contributed by atoms with Crippen molar-refractivity contribution in [3.05, 3.63) is 34.6 Å². The monoisotopic (exact) mass is 285 g/mol. The average Bonchev–Trinajstić information content (AvgIpc) is 2.28. The second-order valence-electron chi connectivity index (χ2n) is 6.55. The van der Waals surface area contributed by atoms with Gasteiger partial charge in [0.2, 0.25) is 0 Å². The molecule has 0 aliphatic rings. The molecule has 108 valence electrons. The van der Waals surface area contributed by atoms with E-state index in [-0.39, 0.29) is 16.4 Å².